The summed E-state index contributed by atoms with van der Waals surface area (Å²) in [5, 5.41) is 0. The standard InChI is InChI=1S/C30H64N.ClH/c1-29(2)25-21-17-13-9-7-11-15-19-23-27-31(5,6)28-24-20-16-12-8-10-14-18-22-26-30(3)4;/h29-30H,7-28H2,1-6H3;1H/q+1;/p-1. The molecule has 0 spiro atoms. The Morgan fingerprint density at radius 3 is 0.844 bits per heavy atom. The first kappa shape index (κ1) is 34.4. The monoisotopic (exact) mass is 473 g/mol. The number of quaternary nitrogens is 1. The van der Waals surface area contributed by atoms with E-state index >= 15 is 0 Å². The Morgan fingerprint density at radius 2 is 0.594 bits per heavy atom. The van der Waals surface area contributed by atoms with Gasteiger partial charge in [0.2, 0.25) is 0 Å². The Bertz CT molecular complexity index is 319. The van der Waals surface area contributed by atoms with E-state index in [1.807, 2.05) is 0 Å². The van der Waals surface area contributed by atoms with E-state index in [9.17, 15) is 0 Å². The number of rotatable bonds is 24. The second kappa shape index (κ2) is 24.4. The maximum atomic E-state index is 2.45. The van der Waals surface area contributed by atoms with E-state index in [-0.39, 0.29) is 12.4 Å². The fourth-order valence-electron chi connectivity index (χ4n) is 4.77. The molecule has 0 rings (SSSR count). The minimum Gasteiger partial charge on any atom is -1.00 e. The van der Waals surface area contributed by atoms with E-state index in [4.69, 9.17) is 0 Å². The molecule has 2 heteroatoms. The van der Waals surface area contributed by atoms with E-state index in [1.165, 1.54) is 146 Å². The van der Waals surface area contributed by atoms with Gasteiger partial charge < -0.3 is 16.9 Å². The van der Waals surface area contributed by atoms with Crippen molar-refractivity contribution in [2.75, 3.05) is 27.2 Å². The van der Waals surface area contributed by atoms with Crippen LogP contribution in [0.2, 0.25) is 0 Å². The molecular weight excluding hydrogens is 410 g/mol. The highest BCUT2D eigenvalue weighted by atomic mass is 35.5. The van der Waals surface area contributed by atoms with Gasteiger partial charge >= 0.3 is 0 Å². The number of unbranched alkanes of at least 4 members (excludes halogenated alkanes) is 16. The molecule has 0 aromatic heterocycles. The molecule has 0 unspecified atom stereocenters. The van der Waals surface area contributed by atoms with E-state index in [2.05, 4.69) is 41.8 Å². The third-order valence-electron chi connectivity index (χ3n) is 7.09. The summed E-state index contributed by atoms with van der Waals surface area (Å²) in [7, 11) is 4.91. The molecule has 0 N–H and O–H groups in total. The number of nitrogens with zero attached hydrogens (tertiary/aromatic N) is 1. The van der Waals surface area contributed by atoms with E-state index < -0.39 is 0 Å². The van der Waals surface area contributed by atoms with Crippen molar-refractivity contribution in [1.82, 2.24) is 0 Å². The highest BCUT2D eigenvalue weighted by Crippen LogP contribution is 2.15. The molecule has 0 aromatic carbocycles. The summed E-state index contributed by atoms with van der Waals surface area (Å²) in [6.07, 6.45) is 29.1. The van der Waals surface area contributed by atoms with Crippen molar-refractivity contribution in [3.8, 4) is 0 Å². The van der Waals surface area contributed by atoms with Gasteiger partial charge in [0, 0.05) is 0 Å². The molecule has 0 aromatic rings. The predicted octanol–water partition coefficient (Wildman–Crippen LogP) is 7.18. The molecule has 0 fully saturated rings. The van der Waals surface area contributed by atoms with E-state index in [1.54, 1.807) is 0 Å². The van der Waals surface area contributed by atoms with Gasteiger partial charge in [0.1, 0.15) is 0 Å². The molecule has 0 amide bonds. The fraction of sp³-hybridized carbons (Fsp3) is 1.00. The SMILES string of the molecule is CC(C)CCCCCCCCCCC[N+](C)(C)CCCCCCCCCCCC(C)C.[Cl-]. The van der Waals surface area contributed by atoms with Gasteiger partial charge in [0.05, 0.1) is 27.2 Å². The summed E-state index contributed by atoms with van der Waals surface area (Å²) in [5.74, 6) is 1.78. The first-order valence-corrected chi connectivity index (χ1v) is 14.7. The minimum atomic E-state index is 0. The van der Waals surface area contributed by atoms with Crippen LogP contribution in [-0.4, -0.2) is 31.7 Å². The van der Waals surface area contributed by atoms with Crippen LogP contribution in [0.3, 0.4) is 0 Å². The second-order valence-electron chi connectivity index (χ2n) is 12.1. The van der Waals surface area contributed by atoms with Crippen molar-refractivity contribution in [3.63, 3.8) is 0 Å². The fourth-order valence-corrected chi connectivity index (χ4v) is 4.77. The van der Waals surface area contributed by atoms with Gasteiger partial charge in [-0.05, 0) is 37.5 Å². The van der Waals surface area contributed by atoms with Crippen LogP contribution in [0.4, 0.5) is 0 Å². The van der Waals surface area contributed by atoms with Gasteiger partial charge in [-0.25, -0.2) is 0 Å². The molecule has 0 heterocycles. The van der Waals surface area contributed by atoms with Crippen LogP contribution >= 0.6 is 0 Å². The summed E-state index contributed by atoms with van der Waals surface area (Å²) in [6.45, 7) is 12.1. The van der Waals surface area contributed by atoms with Crippen molar-refractivity contribution in [3.05, 3.63) is 0 Å². The summed E-state index contributed by atoms with van der Waals surface area (Å²) >= 11 is 0. The quantitative estimate of drug-likeness (QED) is 0.103. The average molecular weight is 474 g/mol. The highest BCUT2D eigenvalue weighted by Gasteiger charge is 2.13. The van der Waals surface area contributed by atoms with E-state index in [0.29, 0.717) is 0 Å². The Kier molecular flexibility index (Phi) is 26.2. The zero-order chi connectivity index (χ0) is 23.2. The predicted molar refractivity (Wildman–Crippen MR) is 144 cm³/mol. The first-order valence-electron chi connectivity index (χ1n) is 14.7. The Labute approximate surface area is 211 Å². The number of hydrogen-bond acceptors (Lipinski definition) is 0. The zero-order valence-electron chi connectivity index (χ0n) is 23.5. The van der Waals surface area contributed by atoms with Crippen molar-refractivity contribution < 1.29 is 16.9 Å². The topological polar surface area (TPSA) is 0 Å². The van der Waals surface area contributed by atoms with Crippen LogP contribution in [0.5, 0.6) is 0 Å². The molecule has 0 radical (unpaired) electrons. The molecule has 0 saturated carbocycles. The number of hydrogen-bond donors (Lipinski definition) is 0. The summed E-state index contributed by atoms with van der Waals surface area (Å²) in [6, 6.07) is 0. The van der Waals surface area contributed by atoms with Crippen LogP contribution in [0, 0.1) is 11.8 Å². The molecule has 32 heavy (non-hydrogen) atoms. The normalized spacial score (nSPS) is 12.0. The lowest BCUT2D eigenvalue weighted by atomic mass is 10.0. The van der Waals surface area contributed by atoms with Crippen LogP contribution in [-0.2, 0) is 0 Å². The van der Waals surface area contributed by atoms with Crippen LogP contribution in [0.25, 0.3) is 0 Å². The molecule has 0 saturated heterocycles. The molecular formula is C30H64ClN. The first-order chi connectivity index (χ1) is 14.8. The largest absolute Gasteiger partial charge is 1.00 e. The van der Waals surface area contributed by atoms with Crippen molar-refractivity contribution in [2.45, 2.75) is 156 Å². The average Bonchev–Trinajstić information content (AvgIpc) is 2.69. The van der Waals surface area contributed by atoms with Crippen molar-refractivity contribution in [1.29, 1.82) is 0 Å². The van der Waals surface area contributed by atoms with Gasteiger partial charge in [-0.2, -0.15) is 0 Å². The van der Waals surface area contributed by atoms with Crippen LogP contribution in [0.15, 0.2) is 0 Å². The Hall–Kier alpha value is 0.250. The van der Waals surface area contributed by atoms with E-state index in [0.717, 1.165) is 11.8 Å². The van der Waals surface area contributed by atoms with Crippen molar-refractivity contribution in [2.24, 2.45) is 11.8 Å². The number of halogens is 1. The van der Waals surface area contributed by atoms with Crippen molar-refractivity contribution >= 4 is 0 Å². The summed E-state index contributed by atoms with van der Waals surface area (Å²) < 4.78 is 1.24. The van der Waals surface area contributed by atoms with Gasteiger partial charge in [-0.15, -0.1) is 0 Å². The smallest absolute Gasteiger partial charge is 0.0782 e. The molecule has 0 aliphatic carbocycles. The molecule has 1 nitrogen and oxygen atoms in total. The lowest BCUT2D eigenvalue weighted by Gasteiger charge is -2.30. The molecule has 0 aliphatic heterocycles. The van der Waals surface area contributed by atoms with Crippen LogP contribution < -0.4 is 12.4 Å². The molecule has 0 aliphatic rings. The molecule has 196 valence electrons. The van der Waals surface area contributed by atoms with Gasteiger partial charge in [0.25, 0.3) is 0 Å². The third kappa shape index (κ3) is 28.3. The van der Waals surface area contributed by atoms with Gasteiger partial charge in [-0.3, -0.25) is 0 Å². The highest BCUT2D eigenvalue weighted by molar-refractivity contribution is 4.52. The van der Waals surface area contributed by atoms with Crippen LogP contribution in [0.1, 0.15) is 156 Å². The lowest BCUT2D eigenvalue weighted by Crippen LogP contribution is -3.00. The van der Waals surface area contributed by atoms with Gasteiger partial charge in [-0.1, -0.05) is 130 Å². The van der Waals surface area contributed by atoms with Gasteiger partial charge in [0.15, 0.2) is 0 Å². The molecule has 0 bridgehead atoms. The Morgan fingerprint density at radius 1 is 0.375 bits per heavy atom. The lowest BCUT2D eigenvalue weighted by molar-refractivity contribution is -0.890. The summed E-state index contributed by atoms with van der Waals surface area (Å²) in [5.41, 5.74) is 0. The molecule has 0 atom stereocenters. The zero-order valence-corrected chi connectivity index (χ0v) is 24.3. The summed E-state index contributed by atoms with van der Waals surface area (Å²) in [4.78, 5) is 0. The maximum absolute atomic E-state index is 2.45. The third-order valence-corrected chi connectivity index (χ3v) is 7.09. The maximum Gasteiger partial charge on any atom is 0.0782 e. The minimum absolute atomic E-state index is 0. The Balaban J connectivity index is 0. The second-order valence-corrected chi connectivity index (χ2v) is 12.1.